The van der Waals surface area contributed by atoms with Gasteiger partial charge in [0.25, 0.3) is 0 Å². The summed E-state index contributed by atoms with van der Waals surface area (Å²) in [7, 11) is 5.31. The largest absolute Gasteiger partial charge is 0.497 e. The average molecular weight is 390 g/mol. The highest BCUT2D eigenvalue weighted by Crippen LogP contribution is 2.25. The van der Waals surface area contributed by atoms with E-state index in [-0.39, 0.29) is 0 Å². The number of hydrogen-bond acceptors (Lipinski definition) is 7. The van der Waals surface area contributed by atoms with Gasteiger partial charge in [0.15, 0.2) is 0 Å². The van der Waals surface area contributed by atoms with Crippen molar-refractivity contribution in [1.29, 1.82) is 0 Å². The van der Waals surface area contributed by atoms with E-state index in [1.54, 1.807) is 32.8 Å². The molecule has 0 spiro atoms. The first kappa shape index (κ1) is 18.7. The van der Waals surface area contributed by atoms with Crippen LogP contribution in [0.15, 0.2) is 49.2 Å². The second kappa shape index (κ2) is 8.14. The number of pyridine rings is 1. The highest BCUT2D eigenvalue weighted by Gasteiger charge is 2.11. The van der Waals surface area contributed by atoms with Crippen LogP contribution in [-0.2, 0) is 13.5 Å². The number of aryl methyl sites for hydroxylation is 1. The fraction of sp³-hybridized carbons (Fsp3) is 0.238. The van der Waals surface area contributed by atoms with E-state index in [0.717, 1.165) is 51.7 Å². The molecular weight excluding hydrogens is 368 g/mol. The van der Waals surface area contributed by atoms with Crippen molar-refractivity contribution < 1.29 is 9.47 Å². The van der Waals surface area contributed by atoms with E-state index in [1.807, 2.05) is 35.9 Å². The molecule has 0 unspecified atom stereocenters. The van der Waals surface area contributed by atoms with Crippen molar-refractivity contribution in [2.24, 2.45) is 7.05 Å². The molecule has 0 aliphatic carbocycles. The van der Waals surface area contributed by atoms with Gasteiger partial charge in [-0.1, -0.05) is 0 Å². The molecule has 1 N–H and O–H groups in total. The zero-order valence-electron chi connectivity index (χ0n) is 16.6. The van der Waals surface area contributed by atoms with Gasteiger partial charge in [0.05, 0.1) is 31.6 Å². The number of fused-ring (bicyclic) bond motifs is 1. The number of anilines is 1. The molecule has 29 heavy (non-hydrogen) atoms. The molecular formula is C21H22N6O2. The highest BCUT2D eigenvalue weighted by molar-refractivity contribution is 5.81. The maximum atomic E-state index is 5.45. The summed E-state index contributed by atoms with van der Waals surface area (Å²) in [6.45, 7) is 0.702. The van der Waals surface area contributed by atoms with Crippen molar-refractivity contribution >= 4 is 17.0 Å². The molecule has 148 valence electrons. The Hall–Kier alpha value is -3.68. The number of rotatable bonds is 7. The van der Waals surface area contributed by atoms with Crippen LogP contribution in [0.2, 0.25) is 0 Å². The molecule has 0 aliphatic heterocycles. The third-order valence-corrected chi connectivity index (χ3v) is 4.79. The Morgan fingerprint density at radius 3 is 2.62 bits per heavy atom. The van der Waals surface area contributed by atoms with Crippen molar-refractivity contribution in [3.8, 4) is 22.8 Å². The number of methoxy groups -OCH3 is 2. The number of imidazole rings is 1. The standard InChI is InChI=1S/C21H22N6O2/c1-27-19-9-17(15-10-22-13-23-11-15)25-12-18(19)26-21(27)24-7-6-14-8-16(28-2)4-5-20(14)29-3/h4-5,8-13H,6-7H2,1-3H3,(H,24,26). The van der Waals surface area contributed by atoms with E-state index >= 15 is 0 Å². The summed E-state index contributed by atoms with van der Waals surface area (Å²) in [5, 5.41) is 3.40. The van der Waals surface area contributed by atoms with E-state index < -0.39 is 0 Å². The Kier molecular flexibility index (Phi) is 5.24. The Bertz CT molecular complexity index is 1130. The maximum absolute atomic E-state index is 5.45. The van der Waals surface area contributed by atoms with Gasteiger partial charge in [-0.25, -0.2) is 15.0 Å². The van der Waals surface area contributed by atoms with Crippen LogP contribution in [0.5, 0.6) is 11.5 Å². The molecule has 4 rings (SSSR count). The second-order valence-electron chi connectivity index (χ2n) is 6.53. The smallest absolute Gasteiger partial charge is 0.203 e. The van der Waals surface area contributed by atoms with Gasteiger partial charge in [-0.15, -0.1) is 0 Å². The summed E-state index contributed by atoms with van der Waals surface area (Å²) in [4.78, 5) is 17.3. The Labute approximate surface area is 168 Å². The summed E-state index contributed by atoms with van der Waals surface area (Å²) < 4.78 is 12.8. The number of nitrogens with zero attached hydrogens (tertiary/aromatic N) is 5. The summed E-state index contributed by atoms with van der Waals surface area (Å²) in [5.74, 6) is 2.44. The van der Waals surface area contributed by atoms with Crippen molar-refractivity contribution in [3.63, 3.8) is 0 Å². The van der Waals surface area contributed by atoms with Crippen LogP contribution in [-0.4, -0.2) is 45.3 Å². The van der Waals surface area contributed by atoms with E-state index in [2.05, 4.69) is 25.3 Å². The average Bonchev–Trinajstić information content (AvgIpc) is 3.09. The zero-order chi connectivity index (χ0) is 20.2. The molecule has 8 nitrogen and oxygen atoms in total. The molecule has 3 aromatic heterocycles. The quantitative estimate of drug-likeness (QED) is 0.519. The van der Waals surface area contributed by atoms with Crippen LogP contribution < -0.4 is 14.8 Å². The fourth-order valence-electron chi connectivity index (χ4n) is 3.23. The minimum Gasteiger partial charge on any atom is -0.497 e. The van der Waals surface area contributed by atoms with Gasteiger partial charge in [-0.3, -0.25) is 4.98 Å². The number of hydrogen-bond donors (Lipinski definition) is 1. The van der Waals surface area contributed by atoms with E-state index in [4.69, 9.17) is 9.47 Å². The number of aromatic nitrogens is 5. The van der Waals surface area contributed by atoms with Gasteiger partial charge >= 0.3 is 0 Å². The Morgan fingerprint density at radius 1 is 1.03 bits per heavy atom. The Balaban J connectivity index is 1.52. The molecule has 0 saturated carbocycles. The van der Waals surface area contributed by atoms with Gasteiger partial charge in [0.1, 0.15) is 23.3 Å². The minimum atomic E-state index is 0.702. The molecule has 0 fully saturated rings. The van der Waals surface area contributed by atoms with Gasteiger partial charge in [0.2, 0.25) is 5.95 Å². The lowest BCUT2D eigenvalue weighted by Gasteiger charge is -2.11. The van der Waals surface area contributed by atoms with Crippen LogP contribution in [0.25, 0.3) is 22.3 Å². The molecule has 4 aromatic rings. The normalized spacial score (nSPS) is 10.9. The third kappa shape index (κ3) is 3.82. The summed E-state index contributed by atoms with van der Waals surface area (Å²) in [6.07, 6.45) is 7.55. The lowest BCUT2D eigenvalue weighted by atomic mass is 10.1. The third-order valence-electron chi connectivity index (χ3n) is 4.79. The lowest BCUT2D eigenvalue weighted by Crippen LogP contribution is -2.09. The molecule has 1 aromatic carbocycles. The maximum Gasteiger partial charge on any atom is 0.203 e. The molecule has 0 bridgehead atoms. The SMILES string of the molecule is COc1ccc(OC)c(CCNc2nc3cnc(-c4cncnc4)cc3n2C)c1. The van der Waals surface area contributed by atoms with Crippen LogP contribution in [0.3, 0.4) is 0 Å². The van der Waals surface area contributed by atoms with Crippen LogP contribution in [0.1, 0.15) is 5.56 Å². The van der Waals surface area contributed by atoms with Gasteiger partial charge in [-0.05, 0) is 36.2 Å². The van der Waals surface area contributed by atoms with Crippen molar-refractivity contribution in [2.45, 2.75) is 6.42 Å². The molecule has 0 amide bonds. The van der Waals surface area contributed by atoms with Gasteiger partial charge in [0, 0.05) is 31.5 Å². The highest BCUT2D eigenvalue weighted by atomic mass is 16.5. The van der Waals surface area contributed by atoms with E-state index in [9.17, 15) is 0 Å². The van der Waals surface area contributed by atoms with Crippen molar-refractivity contribution in [2.75, 3.05) is 26.1 Å². The van der Waals surface area contributed by atoms with Crippen LogP contribution >= 0.6 is 0 Å². The van der Waals surface area contributed by atoms with Gasteiger partial charge in [-0.2, -0.15) is 0 Å². The first-order valence-electron chi connectivity index (χ1n) is 9.22. The first-order chi connectivity index (χ1) is 14.2. The number of benzene rings is 1. The second-order valence-corrected chi connectivity index (χ2v) is 6.53. The van der Waals surface area contributed by atoms with Crippen LogP contribution in [0.4, 0.5) is 5.95 Å². The minimum absolute atomic E-state index is 0.702. The van der Waals surface area contributed by atoms with E-state index in [1.165, 1.54) is 6.33 Å². The molecule has 0 aliphatic rings. The summed E-state index contributed by atoms with van der Waals surface area (Å²) in [6, 6.07) is 7.80. The number of ether oxygens (including phenoxy) is 2. The van der Waals surface area contributed by atoms with Crippen molar-refractivity contribution in [1.82, 2.24) is 24.5 Å². The summed E-state index contributed by atoms with van der Waals surface area (Å²) in [5.41, 5.74) is 4.57. The molecule has 8 heteroatoms. The van der Waals surface area contributed by atoms with Crippen molar-refractivity contribution in [3.05, 3.63) is 54.7 Å². The molecule has 0 saturated heterocycles. The predicted octanol–water partition coefficient (Wildman–Crippen LogP) is 3.10. The zero-order valence-corrected chi connectivity index (χ0v) is 16.6. The topological polar surface area (TPSA) is 87.0 Å². The Morgan fingerprint density at radius 2 is 1.86 bits per heavy atom. The first-order valence-corrected chi connectivity index (χ1v) is 9.22. The number of nitrogens with one attached hydrogen (secondary N) is 1. The molecule has 0 radical (unpaired) electrons. The van der Waals surface area contributed by atoms with Crippen LogP contribution in [0, 0.1) is 0 Å². The van der Waals surface area contributed by atoms with Gasteiger partial charge < -0.3 is 19.4 Å². The lowest BCUT2D eigenvalue weighted by molar-refractivity contribution is 0.399. The predicted molar refractivity (Wildman–Crippen MR) is 111 cm³/mol. The molecule has 0 atom stereocenters. The monoisotopic (exact) mass is 390 g/mol. The summed E-state index contributed by atoms with van der Waals surface area (Å²) >= 11 is 0. The fourth-order valence-corrected chi connectivity index (χ4v) is 3.23. The molecule has 3 heterocycles. The van der Waals surface area contributed by atoms with E-state index in [0.29, 0.717) is 6.54 Å².